The Hall–Kier alpha value is -2.59. The highest BCUT2D eigenvalue weighted by molar-refractivity contribution is 6.31. The van der Waals surface area contributed by atoms with Gasteiger partial charge in [-0.1, -0.05) is 64.8 Å². The van der Waals surface area contributed by atoms with Crippen molar-refractivity contribution in [3.63, 3.8) is 0 Å². The Morgan fingerprint density at radius 2 is 1.88 bits per heavy atom. The van der Waals surface area contributed by atoms with Crippen LogP contribution in [0.3, 0.4) is 0 Å². The maximum atomic E-state index is 12.1. The Morgan fingerprint density at radius 1 is 1.12 bits per heavy atom. The van der Waals surface area contributed by atoms with Crippen LogP contribution in [0, 0.1) is 6.92 Å². The molecule has 5 heteroatoms. The number of halogens is 1. The number of hydrogen-bond acceptors (Lipinski definition) is 3. The van der Waals surface area contributed by atoms with E-state index in [-0.39, 0.29) is 5.91 Å². The van der Waals surface area contributed by atoms with Gasteiger partial charge in [0, 0.05) is 29.1 Å². The van der Waals surface area contributed by atoms with Gasteiger partial charge in [-0.2, -0.15) is 0 Å². The van der Waals surface area contributed by atoms with Gasteiger partial charge in [-0.05, 0) is 25.0 Å². The topological polar surface area (TPSA) is 55.1 Å². The van der Waals surface area contributed by atoms with Gasteiger partial charge in [0.2, 0.25) is 5.91 Å². The molecule has 2 aromatic carbocycles. The minimum Gasteiger partial charge on any atom is -0.364 e. The Balaban J connectivity index is 1.57. The van der Waals surface area contributed by atoms with Crippen molar-refractivity contribution < 1.29 is 9.32 Å². The highest BCUT2D eigenvalue weighted by Gasteiger charge is 2.12. The molecule has 0 saturated heterocycles. The molecule has 3 rings (SSSR count). The number of carbonyl (C=O) groups excluding carboxylic acids is 1. The molecule has 1 heterocycles. The van der Waals surface area contributed by atoms with Crippen LogP contribution in [0.4, 0.5) is 0 Å². The predicted molar refractivity (Wildman–Crippen MR) is 98.3 cm³/mol. The van der Waals surface area contributed by atoms with E-state index in [9.17, 15) is 4.79 Å². The molecule has 1 N–H and O–H groups in total. The summed E-state index contributed by atoms with van der Waals surface area (Å²) in [4.78, 5) is 12.1. The smallest absolute Gasteiger partial charge is 0.220 e. The maximum Gasteiger partial charge on any atom is 0.220 e. The molecule has 0 aliphatic rings. The third-order valence-corrected chi connectivity index (χ3v) is 4.39. The van der Waals surface area contributed by atoms with Gasteiger partial charge < -0.3 is 9.84 Å². The summed E-state index contributed by atoms with van der Waals surface area (Å²) >= 11 is 6.09. The number of carbonyl (C=O) groups is 1. The number of aryl methyl sites for hydroxylation is 2. The molecule has 0 aliphatic carbocycles. The van der Waals surface area contributed by atoms with E-state index in [0.717, 1.165) is 22.4 Å². The van der Waals surface area contributed by atoms with Gasteiger partial charge in [-0.25, -0.2) is 0 Å². The SMILES string of the molecule is Cc1ccc(-c2nocc2CCC(=O)NCc2ccccc2Cl)cc1. The lowest BCUT2D eigenvalue weighted by Gasteiger charge is -2.07. The quantitative estimate of drug-likeness (QED) is 0.706. The summed E-state index contributed by atoms with van der Waals surface area (Å²) in [6, 6.07) is 15.6. The second kappa shape index (κ2) is 7.99. The van der Waals surface area contributed by atoms with Gasteiger partial charge in [0.25, 0.3) is 0 Å². The van der Waals surface area contributed by atoms with Crippen molar-refractivity contribution in [2.45, 2.75) is 26.3 Å². The first-order valence-corrected chi connectivity index (χ1v) is 8.51. The van der Waals surface area contributed by atoms with Crippen LogP contribution in [0.5, 0.6) is 0 Å². The fraction of sp³-hybridized carbons (Fsp3) is 0.200. The summed E-state index contributed by atoms with van der Waals surface area (Å²) in [5.74, 6) is -0.0315. The lowest BCUT2D eigenvalue weighted by Crippen LogP contribution is -2.23. The van der Waals surface area contributed by atoms with Crippen molar-refractivity contribution in [1.82, 2.24) is 10.5 Å². The summed E-state index contributed by atoms with van der Waals surface area (Å²) in [6.07, 6.45) is 2.54. The van der Waals surface area contributed by atoms with E-state index in [1.54, 1.807) is 6.26 Å². The number of nitrogens with zero attached hydrogens (tertiary/aromatic N) is 1. The average molecular weight is 355 g/mol. The molecular weight excluding hydrogens is 336 g/mol. The van der Waals surface area contributed by atoms with Gasteiger partial charge in [0.1, 0.15) is 12.0 Å². The third kappa shape index (κ3) is 4.48. The van der Waals surface area contributed by atoms with Crippen LogP contribution < -0.4 is 5.32 Å². The van der Waals surface area contributed by atoms with Crippen LogP contribution in [0.1, 0.15) is 23.1 Å². The van der Waals surface area contributed by atoms with Gasteiger partial charge in [-0.15, -0.1) is 0 Å². The minimum atomic E-state index is -0.0315. The number of aromatic nitrogens is 1. The molecule has 128 valence electrons. The third-order valence-electron chi connectivity index (χ3n) is 4.02. The Labute approximate surface area is 151 Å². The van der Waals surface area contributed by atoms with E-state index in [0.29, 0.717) is 24.4 Å². The number of nitrogens with one attached hydrogen (secondary N) is 1. The molecule has 0 bridgehead atoms. The molecule has 3 aromatic rings. The Kier molecular flexibility index (Phi) is 5.51. The van der Waals surface area contributed by atoms with Gasteiger partial charge in [0.15, 0.2) is 0 Å². The zero-order valence-corrected chi connectivity index (χ0v) is 14.7. The zero-order valence-electron chi connectivity index (χ0n) is 14.0. The molecule has 0 aliphatic heterocycles. The van der Waals surface area contributed by atoms with E-state index in [1.165, 1.54) is 5.56 Å². The highest BCUT2D eigenvalue weighted by Crippen LogP contribution is 2.23. The number of amides is 1. The van der Waals surface area contributed by atoms with E-state index in [1.807, 2.05) is 55.5 Å². The van der Waals surface area contributed by atoms with Crippen molar-refractivity contribution in [2.24, 2.45) is 0 Å². The molecule has 25 heavy (non-hydrogen) atoms. The van der Waals surface area contributed by atoms with E-state index in [2.05, 4.69) is 10.5 Å². The lowest BCUT2D eigenvalue weighted by atomic mass is 10.0. The molecule has 0 fully saturated rings. The second-order valence-corrected chi connectivity index (χ2v) is 6.33. The predicted octanol–water partition coefficient (Wildman–Crippen LogP) is 4.55. The first kappa shape index (κ1) is 17.2. The molecule has 0 saturated carbocycles. The molecular formula is C20H19ClN2O2. The van der Waals surface area contributed by atoms with Crippen LogP contribution in [0.25, 0.3) is 11.3 Å². The van der Waals surface area contributed by atoms with Crippen molar-refractivity contribution in [1.29, 1.82) is 0 Å². The first-order valence-electron chi connectivity index (χ1n) is 8.14. The normalized spacial score (nSPS) is 10.6. The fourth-order valence-corrected chi connectivity index (χ4v) is 2.76. The van der Waals surface area contributed by atoms with Gasteiger partial charge in [0.05, 0.1) is 0 Å². The van der Waals surface area contributed by atoms with E-state index < -0.39 is 0 Å². The molecule has 1 amide bonds. The molecule has 0 radical (unpaired) electrons. The van der Waals surface area contributed by atoms with E-state index in [4.69, 9.17) is 16.1 Å². The highest BCUT2D eigenvalue weighted by atomic mass is 35.5. The number of benzene rings is 2. The van der Waals surface area contributed by atoms with Crippen molar-refractivity contribution in [3.8, 4) is 11.3 Å². The fourth-order valence-electron chi connectivity index (χ4n) is 2.56. The molecule has 1 aromatic heterocycles. The van der Waals surface area contributed by atoms with Crippen LogP contribution in [0.2, 0.25) is 5.02 Å². The van der Waals surface area contributed by atoms with Crippen LogP contribution in [0.15, 0.2) is 59.3 Å². The Morgan fingerprint density at radius 3 is 2.64 bits per heavy atom. The summed E-state index contributed by atoms with van der Waals surface area (Å²) in [6.45, 7) is 2.46. The van der Waals surface area contributed by atoms with Gasteiger partial charge in [-0.3, -0.25) is 4.79 Å². The summed E-state index contributed by atoms with van der Waals surface area (Å²) < 4.78 is 5.11. The standard InChI is InChI=1S/C20H19ClN2O2/c1-14-6-8-15(9-7-14)20-17(13-25-23-20)10-11-19(24)22-12-16-4-2-3-5-18(16)21/h2-9,13H,10-12H2,1H3,(H,22,24). The largest absolute Gasteiger partial charge is 0.364 e. The van der Waals surface area contributed by atoms with Crippen molar-refractivity contribution >= 4 is 17.5 Å². The molecule has 0 unspecified atom stereocenters. The van der Waals surface area contributed by atoms with Crippen molar-refractivity contribution in [3.05, 3.63) is 76.5 Å². The number of rotatable bonds is 6. The van der Waals surface area contributed by atoms with Gasteiger partial charge >= 0.3 is 0 Å². The maximum absolute atomic E-state index is 12.1. The summed E-state index contributed by atoms with van der Waals surface area (Å²) in [7, 11) is 0. The van der Waals surface area contributed by atoms with E-state index >= 15 is 0 Å². The summed E-state index contributed by atoms with van der Waals surface area (Å²) in [5, 5.41) is 7.63. The first-order chi connectivity index (χ1) is 12.1. The monoisotopic (exact) mass is 354 g/mol. The molecule has 0 atom stereocenters. The Bertz CT molecular complexity index is 856. The minimum absolute atomic E-state index is 0.0315. The summed E-state index contributed by atoms with van der Waals surface area (Å²) in [5.41, 5.74) is 4.80. The second-order valence-electron chi connectivity index (χ2n) is 5.92. The van der Waals surface area contributed by atoms with Crippen LogP contribution in [-0.2, 0) is 17.8 Å². The molecule has 4 nitrogen and oxygen atoms in total. The zero-order chi connectivity index (χ0) is 17.6. The molecule has 0 spiro atoms. The lowest BCUT2D eigenvalue weighted by molar-refractivity contribution is -0.121. The number of hydrogen-bond donors (Lipinski definition) is 1. The van der Waals surface area contributed by atoms with Crippen LogP contribution in [-0.4, -0.2) is 11.1 Å². The average Bonchev–Trinajstić information content (AvgIpc) is 3.08. The van der Waals surface area contributed by atoms with Crippen molar-refractivity contribution in [2.75, 3.05) is 0 Å². The van der Waals surface area contributed by atoms with Crippen LogP contribution >= 0.6 is 11.6 Å².